The fourth-order valence-corrected chi connectivity index (χ4v) is 6.01. The second-order valence-electron chi connectivity index (χ2n) is 11.7. The zero-order valence-electron chi connectivity index (χ0n) is 23.1. The molecule has 1 heterocycles. The summed E-state index contributed by atoms with van der Waals surface area (Å²) in [6, 6.07) is 7.82. The molecule has 3 aromatic carbocycles. The number of rotatable bonds is 6. The van der Waals surface area contributed by atoms with Crippen molar-refractivity contribution in [3.63, 3.8) is 0 Å². The van der Waals surface area contributed by atoms with Crippen LogP contribution < -0.4 is 16.4 Å². The Balaban J connectivity index is 1.89. The Morgan fingerprint density at radius 3 is 2.30 bits per heavy atom. The van der Waals surface area contributed by atoms with E-state index in [0.717, 1.165) is 18.2 Å². The third-order valence-electron chi connectivity index (χ3n) is 7.44. The van der Waals surface area contributed by atoms with Gasteiger partial charge in [-0.3, -0.25) is 4.79 Å². The predicted octanol–water partition coefficient (Wildman–Crippen LogP) is 7.34. The van der Waals surface area contributed by atoms with Crippen LogP contribution in [0.4, 0.5) is 27.6 Å². The van der Waals surface area contributed by atoms with Crippen LogP contribution in [0.25, 0.3) is 0 Å². The van der Waals surface area contributed by atoms with Crippen LogP contribution in [0.2, 0.25) is 10.0 Å². The molecule has 4 rings (SSSR count). The summed E-state index contributed by atoms with van der Waals surface area (Å²) in [5.74, 6) is -5.75. The van der Waals surface area contributed by atoms with Crippen molar-refractivity contribution in [3.05, 3.63) is 98.5 Å². The van der Waals surface area contributed by atoms with E-state index in [1.807, 2.05) is 20.8 Å². The highest BCUT2D eigenvalue weighted by molar-refractivity contribution is 6.31. The van der Waals surface area contributed by atoms with Gasteiger partial charge in [0.25, 0.3) is 0 Å². The molecule has 0 radical (unpaired) electrons. The van der Waals surface area contributed by atoms with Gasteiger partial charge in [0.05, 0.1) is 27.7 Å². The molecule has 0 saturated carbocycles. The molecule has 43 heavy (non-hydrogen) atoms. The Morgan fingerprint density at radius 2 is 1.72 bits per heavy atom. The maximum absolute atomic E-state index is 15.7. The number of carbonyl (C=O) groups excluding carboxylic acids is 1. The standard InChI is InChI=1S/C30H28Cl2F5N3O3/c1-28(2,3)13-22-29(38,18-10-7-14(31)11-21(18)33)23(17-5-4-6-20(32)24(17)34)25(40-22)26(41)39-15-8-9-16(27(42)43)19(12-15)30(35,36)37/h4-12,22-23,25,40H,13,38H2,1-3H3,(H,39,41)(H,42,43)/t22-,23-,25+,29+/m0/s1. The lowest BCUT2D eigenvalue weighted by molar-refractivity contribution is -0.138. The van der Waals surface area contributed by atoms with Crippen molar-refractivity contribution in [1.29, 1.82) is 0 Å². The number of benzene rings is 3. The summed E-state index contributed by atoms with van der Waals surface area (Å²) in [7, 11) is 0. The van der Waals surface area contributed by atoms with Gasteiger partial charge in [0.15, 0.2) is 0 Å². The lowest BCUT2D eigenvalue weighted by atomic mass is 9.68. The molecule has 1 aliphatic heterocycles. The first-order chi connectivity index (χ1) is 19.8. The SMILES string of the molecule is CC(C)(C)C[C@@H]1N[C@@H](C(=O)Nc2ccc(C(=O)O)c(C(F)(F)F)c2)[C@H](c2cccc(Cl)c2F)[C@@]1(N)c1ccc(Cl)cc1F. The number of carboxylic acids is 1. The second kappa shape index (κ2) is 11.7. The summed E-state index contributed by atoms with van der Waals surface area (Å²) in [6.07, 6.45) is -4.78. The molecule has 0 bridgehead atoms. The van der Waals surface area contributed by atoms with E-state index in [2.05, 4.69) is 10.6 Å². The second-order valence-corrected chi connectivity index (χ2v) is 12.5. The minimum absolute atomic E-state index is 0.0662. The molecule has 5 N–H and O–H groups in total. The highest BCUT2D eigenvalue weighted by Crippen LogP contribution is 2.50. The fourth-order valence-electron chi connectivity index (χ4n) is 5.67. The molecular weight excluding hydrogens is 616 g/mol. The van der Waals surface area contributed by atoms with Crippen LogP contribution in [0.3, 0.4) is 0 Å². The molecule has 3 aromatic rings. The highest BCUT2D eigenvalue weighted by Gasteiger charge is 2.58. The number of halogens is 7. The van der Waals surface area contributed by atoms with Crippen molar-refractivity contribution < 1.29 is 36.6 Å². The van der Waals surface area contributed by atoms with Crippen molar-refractivity contribution in [2.75, 3.05) is 5.32 Å². The first-order valence-corrected chi connectivity index (χ1v) is 13.8. The van der Waals surface area contributed by atoms with Crippen LogP contribution in [-0.2, 0) is 16.5 Å². The van der Waals surface area contributed by atoms with Gasteiger partial charge in [0, 0.05) is 28.2 Å². The van der Waals surface area contributed by atoms with Gasteiger partial charge in [-0.2, -0.15) is 13.2 Å². The van der Waals surface area contributed by atoms with Crippen molar-refractivity contribution in [1.82, 2.24) is 5.32 Å². The van der Waals surface area contributed by atoms with E-state index < -0.39 is 69.8 Å². The molecule has 13 heteroatoms. The lowest BCUT2D eigenvalue weighted by Gasteiger charge is -2.40. The molecule has 1 aliphatic rings. The van der Waals surface area contributed by atoms with Gasteiger partial charge in [0.1, 0.15) is 11.6 Å². The average molecular weight is 644 g/mol. The van der Waals surface area contributed by atoms with Crippen LogP contribution in [0, 0.1) is 17.0 Å². The van der Waals surface area contributed by atoms with E-state index in [4.69, 9.17) is 28.9 Å². The molecule has 230 valence electrons. The monoisotopic (exact) mass is 643 g/mol. The van der Waals surface area contributed by atoms with Crippen LogP contribution in [-0.4, -0.2) is 29.1 Å². The van der Waals surface area contributed by atoms with E-state index in [9.17, 15) is 27.9 Å². The summed E-state index contributed by atoms with van der Waals surface area (Å²) in [6.45, 7) is 5.66. The maximum atomic E-state index is 15.7. The quantitative estimate of drug-likeness (QED) is 0.210. The van der Waals surface area contributed by atoms with Crippen molar-refractivity contribution >= 4 is 40.8 Å². The molecule has 0 aromatic heterocycles. The third-order valence-corrected chi connectivity index (χ3v) is 7.97. The van der Waals surface area contributed by atoms with Crippen molar-refractivity contribution in [3.8, 4) is 0 Å². The van der Waals surface area contributed by atoms with Gasteiger partial charge in [-0.05, 0) is 53.8 Å². The predicted molar refractivity (Wildman–Crippen MR) is 153 cm³/mol. The Hall–Kier alpha value is -3.25. The van der Waals surface area contributed by atoms with Crippen molar-refractivity contribution in [2.45, 2.75) is 56.9 Å². The number of alkyl halides is 3. The number of hydrogen-bond donors (Lipinski definition) is 4. The number of aromatic carboxylic acids is 1. The van der Waals surface area contributed by atoms with Crippen LogP contribution in [0.15, 0.2) is 54.6 Å². The van der Waals surface area contributed by atoms with Gasteiger partial charge in [0.2, 0.25) is 5.91 Å². The molecule has 1 amide bonds. The van der Waals surface area contributed by atoms with Crippen LogP contribution in [0.1, 0.15) is 60.2 Å². The topological polar surface area (TPSA) is 104 Å². The summed E-state index contributed by atoms with van der Waals surface area (Å²) in [5.41, 5.74) is 1.82. The van der Waals surface area contributed by atoms with Crippen LogP contribution >= 0.6 is 23.2 Å². The molecule has 0 aliphatic carbocycles. The number of nitrogens with two attached hydrogens (primary N) is 1. The van der Waals surface area contributed by atoms with E-state index in [1.165, 1.54) is 30.3 Å². The molecule has 1 fully saturated rings. The fraction of sp³-hybridized carbons (Fsp3) is 0.333. The summed E-state index contributed by atoms with van der Waals surface area (Å²) >= 11 is 12.1. The Bertz CT molecular complexity index is 1580. The minimum atomic E-state index is -5.04. The Labute approximate surface area is 254 Å². The molecular formula is C30H28Cl2F5N3O3. The Morgan fingerprint density at radius 1 is 1.05 bits per heavy atom. The maximum Gasteiger partial charge on any atom is 0.417 e. The molecule has 6 nitrogen and oxygen atoms in total. The summed E-state index contributed by atoms with van der Waals surface area (Å²) in [5, 5.41) is 14.5. The number of nitrogens with one attached hydrogen (secondary N) is 2. The van der Waals surface area contributed by atoms with Gasteiger partial charge < -0.3 is 21.5 Å². The Kier molecular flexibility index (Phi) is 8.87. The minimum Gasteiger partial charge on any atom is -0.478 e. The molecule has 4 atom stereocenters. The normalized spacial score (nSPS) is 22.4. The molecule has 0 unspecified atom stereocenters. The van der Waals surface area contributed by atoms with E-state index in [0.29, 0.717) is 6.07 Å². The zero-order chi connectivity index (χ0) is 32.1. The summed E-state index contributed by atoms with van der Waals surface area (Å²) in [4.78, 5) is 25.2. The smallest absolute Gasteiger partial charge is 0.417 e. The van der Waals surface area contributed by atoms with Gasteiger partial charge in [-0.15, -0.1) is 0 Å². The van der Waals surface area contributed by atoms with Crippen molar-refractivity contribution in [2.24, 2.45) is 11.1 Å². The van der Waals surface area contributed by atoms with E-state index >= 15 is 8.78 Å². The van der Waals surface area contributed by atoms with Crippen LogP contribution in [0.5, 0.6) is 0 Å². The number of carboxylic acid groups (broad SMARTS) is 1. The molecule has 1 saturated heterocycles. The number of carbonyl (C=O) groups is 2. The first-order valence-electron chi connectivity index (χ1n) is 13.0. The lowest BCUT2D eigenvalue weighted by Crippen LogP contribution is -2.52. The average Bonchev–Trinajstić information content (AvgIpc) is 3.16. The zero-order valence-corrected chi connectivity index (χ0v) is 24.6. The summed E-state index contributed by atoms with van der Waals surface area (Å²) < 4.78 is 72.2. The number of anilines is 1. The van der Waals surface area contributed by atoms with E-state index in [-0.39, 0.29) is 33.3 Å². The first kappa shape index (κ1) is 32.7. The number of amides is 1. The number of hydrogen-bond acceptors (Lipinski definition) is 4. The third kappa shape index (κ3) is 6.50. The largest absolute Gasteiger partial charge is 0.478 e. The van der Waals surface area contributed by atoms with Gasteiger partial charge in [-0.1, -0.05) is 62.2 Å². The van der Waals surface area contributed by atoms with Gasteiger partial charge in [-0.25, -0.2) is 13.6 Å². The highest BCUT2D eigenvalue weighted by atomic mass is 35.5. The van der Waals surface area contributed by atoms with Gasteiger partial charge >= 0.3 is 12.1 Å². The van der Waals surface area contributed by atoms with E-state index in [1.54, 1.807) is 0 Å². The molecule has 0 spiro atoms.